The maximum atomic E-state index is 13.9. The van der Waals surface area contributed by atoms with Crippen LogP contribution in [0.4, 0.5) is 5.82 Å². The Kier molecular flexibility index (Phi) is 7.11. The Hall–Kier alpha value is -4.04. The molecule has 1 aliphatic carbocycles. The molecule has 1 aliphatic heterocycles. The molecule has 1 unspecified atom stereocenters. The van der Waals surface area contributed by atoms with Crippen LogP contribution >= 0.6 is 11.8 Å². The molecule has 204 valence electrons. The topological polar surface area (TPSA) is 76.5 Å². The normalized spacial score (nSPS) is 16.8. The summed E-state index contributed by atoms with van der Waals surface area (Å²) in [6.07, 6.45) is 1.96. The molecule has 0 spiro atoms. The first-order chi connectivity index (χ1) is 19.4. The van der Waals surface area contributed by atoms with Gasteiger partial charge in [-0.15, -0.1) is 11.8 Å². The average Bonchev–Trinajstić information content (AvgIpc) is 3.71. The second-order valence-corrected chi connectivity index (χ2v) is 11.5. The third-order valence-electron chi connectivity index (χ3n) is 7.38. The molecule has 1 aromatic heterocycles. The first-order valence-electron chi connectivity index (χ1n) is 13.5. The number of carbonyl (C=O) groups is 2. The third-order valence-corrected chi connectivity index (χ3v) is 8.62. The SMILES string of the molecule is COc1ccccc1C1SCC(=O)N(CC(=O)NC2CC2)c2c1c(-c1ccccc1)nn2-c1ccc(C)cc1C. The Morgan fingerprint density at radius 1 is 1.05 bits per heavy atom. The molecular weight excluding hydrogens is 520 g/mol. The number of benzene rings is 3. The van der Waals surface area contributed by atoms with Gasteiger partial charge in [-0.3, -0.25) is 14.5 Å². The van der Waals surface area contributed by atoms with E-state index in [1.807, 2.05) is 78.3 Å². The lowest BCUT2D eigenvalue weighted by Gasteiger charge is -2.24. The molecule has 0 radical (unpaired) electrons. The Morgan fingerprint density at radius 3 is 2.52 bits per heavy atom. The van der Waals surface area contributed by atoms with E-state index in [0.29, 0.717) is 5.82 Å². The number of nitrogens with one attached hydrogen (secondary N) is 1. The van der Waals surface area contributed by atoms with Gasteiger partial charge in [-0.05, 0) is 44.4 Å². The van der Waals surface area contributed by atoms with Gasteiger partial charge in [0.25, 0.3) is 0 Å². The lowest BCUT2D eigenvalue weighted by atomic mass is 9.99. The fraction of sp³-hybridized carbons (Fsp3) is 0.281. The van der Waals surface area contributed by atoms with Crippen molar-refractivity contribution in [2.45, 2.75) is 38.0 Å². The Morgan fingerprint density at radius 2 is 1.80 bits per heavy atom. The van der Waals surface area contributed by atoms with E-state index >= 15 is 0 Å². The second-order valence-electron chi connectivity index (χ2n) is 10.4. The van der Waals surface area contributed by atoms with E-state index in [2.05, 4.69) is 18.3 Å². The number of para-hydroxylation sites is 1. The van der Waals surface area contributed by atoms with Crippen molar-refractivity contribution in [2.75, 3.05) is 24.3 Å². The summed E-state index contributed by atoms with van der Waals surface area (Å²) in [5.41, 5.74) is 6.62. The molecule has 1 N–H and O–H groups in total. The van der Waals surface area contributed by atoms with Crippen molar-refractivity contribution < 1.29 is 14.3 Å². The van der Waals surface area contributed by atoms with Gasteiger partial charge in [-0.25, -0.2) is 4.68 Å². The number of aromatic nitrogens is 2. The quantitative estimate of drug-likeness (QED) is 0.322. The molecule has 6 rings (SSSR count). The fourth-order valence-corrected chi connectivity index (χ4v) is 6.54. The van der Waals surface area contributed by atoms with E-state index in [-0.39, 0.29) is 35.4 Å². The van der Waals surface area contributed by atoms with E-state index < -0.39 is 0 Å². The van der Waals surface area contributed by atoms with Gasteiger partial charge in [0.2, 0.25) is 11.8 Å². The Bertz CT molecular complexity index is 1580. The Labute approximate surface area is 238 Å². The van der Waals surface area contributed by atoms with Crippen LogP contribution in [-0.4, -0.2) is 47.0 Å². The van der Waals surface area contributed by atoms with Crippen LogP contribution in [-0.2, 0) is 9.59 Å². The van der Waals surface area contributed by atoms with Gasteiger partial charge in [0.05, 0.1) is 29.5 Å². The van der Waals surface area contributed by atoms with Gasteiger partial charge in [0, 0.05) is 22.7 Å². The summed E-state index contributed by atoms with van der Waals surface area (Å²) in [5.74, 6) is 1.31. The summed E-state index contributed by atoms with van der Waals surface area (Å²) in [5, 5.41) is 8.01. The van der Waals surface area contributed by atoms with Crippen molar-refractivity contribution in [1.82, 2.24) is 15.1 Å². The molecule has 1 fully saturated rings. The molecule has 0 bridgehead atoms. The monoisotopic (exact) mass is 552 g/mol. The standard InChI is InChI=1S/C32H32N4O3S/c1-20-13-16-25(21(2)17-20)36-32-29(30(34-36)22-9-5-4-6-10-22)31(24-11-7-8-12-26(24)39-3)40-19-28(38)35(32)18-27(37)33-23-14-15-23/h4-13,16-17,23,31H,14-15,18-19H2,1-3H3,(H,33,37). The minimum Gasteiger partial charge on any atom is -0.496 e. The van der Waals surface area contributed by atoms with E-state index in [1.165, 1.54) is 0 Å². The van der Waals surface area contributed by atoms with Crippen molar-refractivity contribution in [3.8, 4) is 22.7 Å². The van der Waals surface area contributed by atoms with Gasteiger partial charge in [-0.2, -0.15) is 5.10 Å². The summed E-state index contributed by atoms with van der Waals surface area (Å²) in [7, 11) is 1.66. The molecule has 7 nitrogen and oxygen atoms in total. The zero-order chi connectivity index (χ0) is 27.8. The number of thioether (sulfide) groups is 1. The first-order valence-corrected chi connectivity index (χ1v) is 14.6. The van der Waals surface area contributed by atoms with Gasteiger partial charge < -0.3 is 10.1 Å². The van der Waals surface area contributed by atoms with Crippen LogP contribution in [0, 0.1) is 13.8 Å². The minimum atomic E-state index is -0.249. The summed E-state index contributed by atoms with van der Waals surface area (Å²) in [6, 6.07) is 24.4. The van der Waals surface area contributed by atoms with Crippen molar-refractivity contribution in [3.05, 3.63) is 95.1 Å². The molecule has 2 heterocycles. The molecule has 8 heteroatoms. The number of hydrogen-bond acceptors (Lipinski definition) is 5. The zero-order valence-electron chi connectivity index (χ0n) is 22.9. The molecule has 2 aliphatic rings. The number of rotatable bonds is 7. The number of nitrogens with zero attached hydrogens (tertiary/aromatic N) is 3. The highest BCUT2D eigenvalue weighted by atomic mass is 32.2. The summed E-state index contributed by atoms with van der Waals surface area (Å²) < 4.78 is 7.65. The third kappa shape index (κ3) is 4.99. The van der Waals surface area contributed by atoms with E-state index in [4.69, 9.17) is 9.84 Å². The van der Waals surface area contributed by atoms with Crippen molar-refractivity contribution in [2.24, 2.45) is 0 Å². The van der Waals surface area contributed by atoms with Crippen LogP contribution in [0.5, 0.6) is 5.75 Å². The van der Waals surface area contributed by atoms with Crippen LogP contribution in [0.1, 0.15) is 40.3 Å². The molecule has 0 saturated heterocycles. The number of methoxy groups -OCH3 is 1. The highest BCUT2D eigenvalue weighted by Crippen LogP contribution is 2.50. The number of ether oxygens (including phenoxy) is 1. The largest absolute Gasteiger partial charge is 0.496 e. The molecule has 1 atom stereocenters. The smallest absolute Gasteiger partial charge is 0.240 e. The van der Waals surface area contributed by atoms with Crippen molar-refractivity contribution in [3.63, 3.8) is 0 Å². The van der Waals surface area contributed by atoms with Crippen LogP contribution in [0.2, 0.25) is 0 Å². The number of aryl methyl sites for hydroxylation is 2. The summed E-state index contributed by atoms with van der Waals surface area (Å²) >= 11 is 1.54. The lowest BCUT2D eigenvalue weighted by molar-refractivity contribution is -0.123. The lowest BCUT2D eigenvalue weighted by Crippen LogP contribution is -2.43. The molecule has 1 saturated carbocycles. The van der Waals surface area contributed by atoms with Gasteiger partial charge in [0.15, 0.2) is 0 Å². The molecule has 2 amide bonds. The van der Waals surface area contributed by atoms with E-state index in [1.54, 1.807) is 23.8 Å². The minimum absolute atomic E-state index is 0.0631. The average molecular weight is 553 g/mol. The number of fused-ring (bicyclic) bond motifs is 1. The van der Waals surface area contributed by atoms with E-state index in [9.17, 15) is 9.59 Å². The predicted molar refractivity (Wildman–Crippen MR) is 159 cm³/mol. The summed E-state index contributed by atoms with van der Waals surface area (Å²) in [6.45, 7) is 4.04. The number of anilines is 1. The van der Waals surface area contributed by atoms with Crippen molar-refractivity contribution >= 4 is 29.4 Å². The number of carbonyl (C=O) groups excluding carboxylic acids is 2. The predicted octanol–water partition coefficient (Wildman–Crippen LogP) is 5.61. The van der Waals surface area contributed by atoms with Crippen LogP contribution in [0.3, 0.4) is 0 Å². The number of hydrogen-bond donors (Lipinski definition) is 1. The highest BCUT2D eigenvalue weighted by Gasteiger charge is 2.39. The second kappa shape index (κ2) is 10.8. The molecular formula is C32H32N4O3S. The van der Waals surface area contributed by atoms with Crippen molar-refractivity contribution in [1.29, 1.82) is 0 Å². The van der Waals surface area contributed by atoms with Crippen LogP contribution in [0.15, 0.2) is 72.8 Å². The van der Waals surface area contributed by atoms with Gasteiger partial charge in [0.1, 0.15) is 18.1 Å². The maximum absolute atomic E-state index is 13.9. The maximum Gasteiger partial charge on any atom is 0.240 e. The van der Waals surface area contributed by atoms with E-state index in [0.717, 1.165) is 57.8 Å². The van der Waals surface area contributed by atoms with Gasteiger partial charge >= 0.3 is 0 Å². The fourth-order valence-electron chi connectivity index (χ4n) is 5.31. The summed E-state index contributed by atoms with van der Waals surface area (Å²) in [4.78, 5) is 28.7. The molecule has 3 aromatic carbocycles. The van der Waals surface area contributed by atoms with Crippen LogP contribution in [0.25, 0.3) is 16.9 Å². The Balaban J connectivity index is 1.64. The molecule has 4 aromatic rings. The first kappa shape index (κ1) is 26.2. The van der Waals surface area contributed by atoms with Gasteiger partial charge in [-0.1, -0.05) is 66.2 Å². The van der Waals surface area contributed by atoms with Crippen LogP contribution < -0.4 is 15.0 Å². The highest BCUT2D eigenvalue weighted by molar-refractivity contribution is 8.00. The molecule has 40 heavy (non-hydrogen) atoms. The zero-order valence-corrected chi connectivity index (χ0v) is 23.7. The number of amides is 2.